The highest BCUT2D eigenvalue weighted by Crippen LogP contribution is 2.38. The van der Waals surface area contributed by atoms with Crippen LogP contribution in [0.2, 0.25) is 10.0 Å². The van der Waals surface area contributed by atoms with Crippen LogP contribution in [0.1, 0.15) is 30.2 Å². The van der Waals surface area contributed by atoms with E-state index in [4.69, 9.17) is 27.6 Å². The third kappa shape index (κ3) is 2.45. The molecule has 0 amide bonds. The van der Waals surface area contributed by atoms with Crippen LogP contribution in [0.4, 0.5) is 10.1 Å². The summed E-state index contributed by atoms with van der Waals surface area (Å²) in [7, 11) is 0. The molecule has 0 saturated heterocycles. The lowest BCUT2D eigenvalue weighted by Gasteiger charge is -2.24. The Morgan fingerprint density at radius 1 is 1.26 bits per heavy atom. The molecule has 2 aromatic rings. The van der Waals surface area contributed by atoms with Gasteiger partial charge in [0.05, 0.1) is 28.0 Å². The molecule has 1 aromatic heterocycles. The van der Waals surface area contributed by atoms with E-state index in [9.17, 15) is 4.39 Å². The van der Waals surface area contributed by atoms with Crippen LogP contribution in [-0.2, 0) is 6.42 Å². The number of aryl methyl sites for hydroxylation is 1. The highest BCUT2D eigenvalue weighted by Gasteiger charge is 2.24. The summed E-state index contributed by atoms with van der Waals surface area (Å²) in [5, 5.41) is 3.88. The van der Waals surface area contributed by atoms with Gasteiger partial charge in [0, 0.05) is 12.0 Å². The van der Waals surface area contributed by atoms with Crippen molar-refractivity contribution in [3.8, 4) is 0 Å². The number of hydrogen-bond donors (Lipinski definition) is 1. The van der Waals surface area contributed by atoms with Gasteiger partial charge in [0.25, 0.3) is 0 Å². The van der Waals surface area contributed by atoms with E-state index in [2.05, 4.69) is 5.32 Å². The molecule has 5 heteroatoms. The summed E-state index contributed by atoms with van der Waals surface area (Å²) in [4.78, 5) is 0. The van der Waals surface area contributed by atoms with Crippen LogP contribution in [0.5, 0.6) is 0 Å². The molecule has 1 heterocycles. The minimum atomic E-state index is -0.437. The highest BCUT2D eigenvalue weighted by atomic mass is 35.5. The van der Waals surface area contributed by atoms with Crippen molar-refractivity contribution in [2.24, 2.45) is 0 Å². The number of halogens is 3. The lowest BCUT2D eigenvalue weighted by Crippen LogP contribution is -2.16. The van der Waals surface area contributed by atoms with Gasteiger partial charge < -0.3 is 9.73 Å². The van der Waals surface area contributed by atoms with Crippen LogP contribution in [0, 0.1) is 5.82 Å². The number of furan rings is 1. The zero-order chi connectivity index (χ0) is 13.4. The van der Waals surface area contributed by atoms with Crippen molar-refractivity contribution < 1.29 is 8.81 Å². The van der Waals surface area contributed by atoms with Crippen molar-refractivity contribution in [1.29, 1.82) is 0 Å². The predicted molar refractivity (Wildman–Crippen MR) is 74.4 cm³/mol. The van der Waals surface area contributed by atoms with Gasteiger partial charge in [-0.3, -0.25) is 0 Å². The van der Waals surface area contributed by atoms with E-state index in [-0.39, 0.29) is 6.04 Å². The van der Waals surface area contributed by atoms with E-state index < -0.39 is 5.82 Å². The smallest absolute Gasteiger partial charge is 0.126 e. The molecular formula is C14H12Cl2FNO. The van der Waals surface area contributed by atoms with Gasteiger partial charge in [0.15, 0.2) is 0 Å². The maximum absolute atomic E-state index is 13.2. The van der Waals surface area contributed by atoms with Gasteiger partial charge in [0.2, 0.25) is 0 Å². The largest absolute Gasteiger partial charge is 0.469 e. The first kappa shape index (κ1) is 12.8. The fourth-order valence-electron chi connectivity index (χ4n) is 2.49. The van der Waals surface area contributed by atoms with E-state index in [0.717, 1.165) is 30.6 Å². The molecular weight excluding hydrogens is 288 g/mol. The van der Waals surface area contributed by atoms with Gasteiger partial charge in [0.1, 0.15) is 11.6 Å². The average Bonchev–Trinajstić information content (AvgIpc) is 2.82. The highest BCUT2D eigenvalue weighted by molar-refractivity contribution is 6.39. The van der Waals surface area contributed by atoms with E-state index in [1.807, 2.05) is 6.07 Å². The molecule has 1 aromatic carbocycles. The second kappa shape index (κ2) is 5.06. The van der Waals surface area contributed by atoms with Crippen molar-refractivity contribution in [3.05, 3.63) is 51.6 Å². The lowest BCUT2D eigenvalue weighted by atomic mass is 9.93. The second-order valence-corrected chi connectivity index (χ2v) is 5.45. The minimum Gasteiger partial charge on any atom is -0.469 e. The molecule has 0 aliphatic heterocycles. The van der Waals surface area contributed by atoms with Gasteiger partial charge in [-0.25, -0.2) is 4.39 Å². The Kier molecular flexibility index (Phi) is 3.42. The maximum Gasteiger partial charge on any atom is 0.126 e. The molecule has 0 radical (unpaired) electrons. The first-order chi connectivity index (χ1) is 9.15. The number of hydrogen-bond acceptors (Lipinski definition) is 2. The van der Waals surface area contributed by atoms with Crippen LogP contribution >= 0.6 is 23.2 Å². The van der Waals surface area contributed by atoms with Crippen molar-refractivity contribution >= 4 is 28.9 Å². The fourth-order valence-corrected chi connectivity index (χ4v) is 3.06. The summed E-state index contributed by atoms with van der Waals surface area (Å²) in [6.07, 6.45) is 4.65. The maximum atomic E-state index is 13.2. The molecule has 19 heavy (non-hydrogen) atoms. The molecule has 0 spiro atoms. The molecule has 0 bridgehead atoms. The zero-order valence-electron chi connectivity index (χ0n) is 10.1. The molecule has 100 valence electrons. The quantitative estimate of drug-likeness (QED) is 0.823. The molecule has 0 saturated carbocycles. The third-order valence-corrected chi connectivity index (χ3v) is 3.97. The lowest BCUT2D eigenvalue weighted by molar-refractivity contribution is 0.461. The molecule has 1 N–H and O–H groups in total. The first-order valence-corrected chi connectivity index (χ1v) is 6.88. The fraction of sp³-hybridized carbons (Fsp3) is 0.286. The summed E-state index contributed by atoms with van der Waals surface area (Å²) >= 11 is 12.1. The zero-order valence-corrected chi connectivity index (χ0v) is 11.6. The van der Waals surface area contributed by atoms with E-state index >= 15 is 0 Å². The molecule has 1 unspecified atom stereocenters. The topological polar surface area (TPSA) is 25.2 Å². The van der Waals surface area contributed by atoms with Crippen LogP contribution < -0.4 is 5.32 Å². The second-order valence-electron chi connectivity index (χ2n) is 4.63. The van der Waals surface area contributed by atoms with Crippen LogP contribution in [0.3, 0.4) is 0 Å². The van der Waals surface area contributed by atoms with Crippen LogP contribution in [0.15, 0.2) is 28.9 Å². The molecule has 1 aliphatic rings. The Bertz CT molecular complexity index is 588. The van der Waals surface area contributed by atoms with E-state index in [0.29, 0.717) is 15.7 Å². The average molecular weight is 300 g/mol. The SMILES string of the molecule is Fc1cc(Cl)c(NC2CCCc3occc32)c(Cl)c1. The summed E-state index contributed by atoms with van der Waals surface area (Å²) in [5.41, 5.74) is 1.70. The van der Waals surface area contributed by atoms with Gasteiger partial charge in [-0.15, -0.1) is 0 Å². The Labute approximate surface area is 120 Å². The van der Waals surface area contributed by atoms with Crippen molar-refractivity contribution in [1.82, 2.24) is 0 Å². The number of anilines is 1. The molecule has 1 aliphatic carbocycles. The molecule has 1 atom stereocenters. The van der Waals surface area contributed by atoms with Crippen molar-refractivity contribution in [2.45, 2.75) is 25.3 Å². The van der Waals surface area contributed by atoms with E-state index in [1.165, 1.54) is 12.1 Å². The summed E-state index contributed by atoms with van der Waals surface area (Å²) in [5.74, 6) is 0.561. The van der Waals surface area contributed by atoms with Crippen molar-refractivity contribution in [2.75, 3.05) is 5.32 Å². The van der Waals surface area contributed by atoms with Crippen molar-refractivity contribution in [3.63, 3.8) is 0 Å². The molecule has 3 rings (SSSR count). The Balaban J connectivity index is 1.92. The standard InChI is InChI=1S/C14H12Cl2FNO/c15-10-6-8(17)7-11(16)14(10)18-12-2-1-3-13-9(12)4-5-19-13/h4-7,12,18H,1-3H2. The Morgan fingerprint density at radius 2 is 2.00 bits per heavy atom. The number of benzene rings is 1. The number of nitrogens with one attached hydrogen (secondary N) is 1. The van der Waals surface area contributed by atoms with Gasteiger partial charge in [-0.1, -0.05) is 23.2 Å². The Morgan fingerprint density at radius 3 is 2.74 bits per heavy atom. The van der Waals surface area contributed by atoms with Gasteiger partial charge in [-0.05, 0) is 31.0 Å². The predicted octanol–water partition coefficient (Wildman–Crippen LogP) is 5.22. The normalized spacial score (nSPS) is 18.2. The first-order valence-electron chi connectivity index (χ1n) is 6.12. The summed E-state index contributed by atoms with van der Waals surface area (Å²) < 4.78 is 18.6. The number of fused-ring (bicyclic) bond motifs is 1. The summed E-state index contributed by atoms with van der Waals surface area (Å²) in [6, 6.07) is 4.57. The van der Waals surface area contributed by atoms with Crippen LogP contribution in [-0.4, -0.2) is 0 Å². The third-order valence-electron chi connectivity index (χ3n) is 3.38. The monoisotopic (exact) mass is 299 g/mol. The van der Waals surface area contributed by atoms with E-state index in [1.54, 1.807) is 6.26 Å². The van der Waals surface area contributed by atoms with Gasteiger partial charge >= 0.3 is 0 Å². The minimum absolute atomic E-state index is 0.1000. The Hall–Kier alpha value is -1.19. The van der Waals surface area contributed by atoms with Crippen LogP contribution in [0.25, 0.3) is 0 Å². The molecule has 2 nitrogen and oxygen atoms in total. The number of rotatable bonds is 2. The molecule has 0 fully saturated rings. The van der Waals surface area contributed by atoms with Gasteiger partial charge in [-0.2, -0.15) is 0 Å². The summed E-state index contributed by atoms with van der Waals surface area (Å²) in [6.45, 7) is 0.